The van der Waals surface area contributed by atoms with Crippen LogP contribution in [0.5, 0.6) is 0 Å². The SMILES string of the molecule is O=C(Cc1ccccc1)Nc1ccc(C(=O)NNC(=O)[C@@H]2[C@H](C(=O)O)[C@H]3C=C[C@H]2C3)cc1. The van der Waals surface area contributed by atoms with Gasteiger partial charge in [-0.2, -0.15) is 0 Å². The number of hydrogen-bond donors (Lipinski definition) is 4. The number of benzene rings is 2. The first-order valence-electron chi connectivity index (χ1n) is 10.4. The lowest BCUT2D eigenvalue weighted by Crippen LogP contribution is -2.48. The molecule has 0 heterocycles. The highest BCUT2D eigenvalue weighted by atomic mass is 16.4. The minimum atomic E-state index is -1.00. The van der Waals surface area contributed by atoms with Gasteiger partial charge in [-0.1, -0.05) is 42.5 Å². The summed E-state index contributed by atoms with van der Waals surface area (Å²) in [5, 5.41) is 12.2. The van der Waals surface area contributed by atoms with E-state index in [4.69, 9.17) is 0 Å². The summed E-state index contributed by atoms with van der Waals surface area (Å²) >= 11 is 0. The molecule has 4 atom stereocenters. The zero-order valence-electron chi connectivity index (χ0n) is 17.2. The summed E-state index contributed by atoms with van der Waals surface area (Å²) in [5.41, 5.74) is 6.43. The highest BCUT2D eigenvalue weighted by molar-refractivity contribution is 5.97. The van der Waals surface area contributed by atoms with Crippen LogP contribution in [-0.4, -0.2) is 28.8 Å². The molecule has 1 saturated carbocycles. The Labute approximate surface area is 184 Å². The predicted molar refractivity (Wildman–Crippen MR) is 116 cm³/mol. The summed E-state index contributed by atoms with van der Waals surface area (Å²) in [6, 6.07) is 15.6. The van der Waals surface area contributed by atoms with Gasteiger partial charge in [0.05, 0.1) is 18.3 Å². The molecule has 2 aromatic carbocycles. The third kappa shape index (κ3) is 4.54. The Kier molecular flexibility index (Phi) is 6.02. The molecule has 8 nitrogen and oxygen atoms in total. The highest BCUT2D eigenvalue weighted by Gasteiger charge is 2.51. The topological polar surface area (TPSA) is 125 Å². The Hall–Kier alpha value is -3.94. The van der Waals surface area contributed by atoms with Crippen molar-refractivity contribution in [2.75, 3.05) is 5.32 Å². The highest BCUT2D eigenvalue weighted by Crippen LogP contribution is 2.48. The number of aliphatic carboxylic acids is 1. The van der Waals surface area contributed by atoms with Gasteiger partial charge < -0.3 is 10.4 Å². The van der Waals surface area contributed by atoms with Gasteiger partial charge in [-0.3, -0.25) is 30.0 Å². The zero-order valence-corrected chi connectivity index (χ0v) is 17.2. The van der Waals surface area contributed by atoms with Crippen LogP contribution in [0.25, 0.3) is 0 Å². The average Bonchev–Trinajstić information content (AvgIpc) is 3.40. The summed E-state index contributed by atoms with van der Waals surface area (Å²) in [7, 11) is 0. The normalized spacial score (nSPS) is 22.9. The fraction of sp³-hybridized carbons (Fsp3) is 0.250. The molecule has 3 amide bonds. The Morgan fingerprint density at radius 3 is 2.16 bits per heavy atom. The Morgan fingerprint density at radius 1 is 0.844 bits per heavy atom. The van der Waals surface area contributed by atoms with Crippen molar-refractivity contribution >= 4 is 29.4 Å². The van der Waals surface area contributed by atoms with E-state index >= 15 is 0 Å². The number of hydrogen-bond acceptors (Lipinski definition) is 4. The number of hydrazine groups is 1. The van der Waals surface area contributed by atoms with Crippen molar-refractivity contribution in [3.63, 3.8) is 0 Å². The van der Waals surface area contributed by atoms with Crippen LogP contribution in [-0.2, 0) is 20.8 Å². The molecule has 4 N–H and O–H groups in total. The van der Waals surface area contributed by atoms with Crippen molar-refractivity contribution in [3.05, 3.63) is 77.9 Å². The molecule has 1 fully saturated rings. The smallest absolute Gasteiger partial charge is 0.307 e. The zero-order chi connectivity index (χ0) is 22.7. The van der Waals surface area contributed by atoms with Gasteiger partial charge >= 0.3 is 5.97 Å². The Balaban J connectivity index is 1.29. The summed E-state index contributed by atoms with van der Waals surface area (Å²) in [5.74, 6) is -3.97. The van der Waals surface area contributed by atoms with E-state index in [1.54, 1.807) is 12.1 Å². The molecule has 32 heavy (non-hydrogen) atoms. The van der Waals surface area contributed by atoms with Gasteiger partial charge in [0, 0.05) is 11.3 Å². The van der Waals surface area contributed by atoms with Gasteiger partial charge in [0.15, 0.2) is 0 Å². The lowest BCUT2D eigenvalue weighted by molar-refractivity contribution is -0.148. The van der Waals surface area contributed by atoms with Crippen LogP contribution < -0.4 is 16.2 Å². The fourth-order valence-electron chi connectivity index (χ4n) is 4.48. The number of carbonyl (C=O) groups is 4. The van der Waals surface area contributed by atoms with Gasteiger partial charge in [0.2, 0.25) is 11.8 Å². The number of amides is 3. The number of anilines is 1. The molecule has 0 unspecified atom stereocenters. The third-order valence-electron chi connectivity index (χ3n) is 5.98. The standard InChI is InChI=1S/C24H23N3O5/c28-19(12-14-4-2-1-3-5-14)25-18-10-8-15(9-11-18)22(29)26-27-23(30)20-16-6-7-17(13-16)21(20)24(31)32/h1-11,16-17,20-21H,12-13H2,(H,25,28)(H,26,29)(H,27,30)(H,31,32)/t16-,17-,20-,21+/m0/s1. The molecule has 0 saturated heterocycles. The molecule has 2 aliphatic rings. The van der Waals surface area contributed by atoms with Crippen LogP contribution in [0.3, 0.4) is 0 Å². The maximum absolute atomic E-state index is 12.5. The summed E-state index contributed by atoms with van der Waals surface area (Å²) in [6.45, 7) is 0. The van der Waals surface area contributed by atoms with E-state index < -0.39 is 29.6 Å². The molecule has 0 aromatic heterocycles. The summed E-state index contributed by atoms with van der Waals surface area (Å²) < 4.78 is 0. The van der Waals surface area contributed by atoms with E-state index in [2.05, 4.69) is 16.2 Å². The number of carboxylic acids is 1. The summed E-state index contributed by atoms with van der Waals surface area (Å²) in [6.07, 6.45) is 4.61. The number of carbonyl (C=O) groups excluding carboxylic acids is 3. The summed E-state index contributed by atoms with van der Waals surface area (Å²) in [4.78, 5) is 48.6. The lowest BCUT2D eigenvalue weighted by Gasteiger charge is -2.23. The van der Waals surface area contributed by atoms with Gasteiger partial charge in [-0.25, -0.2) is 0 Å². The fourth-order valence-corrected chi connectivity index (χ4v) is 4.48. The molecule has 2 aromatic rings. The first-order valence-corrected chi connectivity index (χ1v) is 10.4. The van der Waals surface area contributed by atoms with E-state index in [0.717, 1.165) is 5.56 Å². The first kappa shape index (κ1) is 21.3. The van der Waals surface area contributed by atoms with Crippen LogP contribution in [0, 0.1) is 23.7 Å². The molecule has 2 aliphatic carbocycles. The van der Waals surface area contributed by atoms with Crippen molar-refractivity contribution in [1.82, 2.24) is 10.9 Å². The number of fused-ring (bicyclic) bond motifs is 2. The van der Waals surface area contributed by atoms with Crippen molar-refractivity contribution in [1.29, 1.82) is 0 Å². The molecule has 0 radical (unpaired) electrons. The minimum Gasteiger partial charge on any atom is -0.481 e. The lowest BCUT2D eigenvalue weighted by atomic mass is 9.82. The van der Waals surface area contributed by atoms with E-state index in [0.29, 0.717) is 12.1 Å². The van der Waals surface area contributed by atoms with Crippen molar-refractivity contribution in [3.8, 4) is 0 Å². The number of carboxylic acid groups (broad SMARTS) is 1. The molecule has 0 aliphatic heterocycles. The average molecular weight is 433 g/mol. The van der Waals surface area contributed by atoms with Crippen LogP contribution in [0.15, 0.2) is 66.7 Å². The largest absolute Gasteiger partial charge is 0.481 e. The second kappa shape index (κ2) is 9.05. The van der Waals surface area contributed by atoms with Crippen LogP contribution in [0.1, 0.15) is 22.3 Å². The van der Waals surface area contributed by atoms with Crippen molar-refractivity contribution in [2.24, 2.45) is 23.7 Å². The third-order valence-corrected chi connectivity index (χ3v) is 5.98. The maximum Gasteiger partial charge on any atom is 0.307 e. The van der Waals surface area contributed by atoms with E-state index in [-0.39, 0.29) is 29.7 Å². The molecule has 164 valence electrons. The van der Waals surface area contributed by atoms with Crippen molar-refractivity contribution < 1.29 is 24.3 Å². The van der Waals surface area contributed by atoms with E-state index in [1.165, 1.54) is 12.1 Å². The van der Waals surface area contributed by atoms with Crippen LogP contribution >= 0.6 is 0 Å². The quantitative estimate of drug-likeness (QED) is 0.410. The van der Waals surface area contributed by atoms with E-state index in [1.807, 2.05) is 42.5 Å². The first-order chi connectivity index (χ1) is 15.4. The van der Waals surface area contributed by atoms with Gasteiger partial charge in [0.25, 0.3) is 5.91 Å². The van der Waals surface area contributed by atoms with Crippen LogP contribution in [0.4, 0.5) is 5.69 Å². The number of allylic oxidation sites excluding steroid dienone is 2. The van der Waals surface area contributed by atoms with E-state index in [9.17, 15) is 24.3 Å². The van der Waals surface area contributed by atoms with Gasteiger partial charge in [-0.05, 0) is 48.1 Å². The molecule has 8 heteroatoms. The molecule has 0 spiro atoms. The number of rotatable bonds is 6. The second-order valence-electron chi connectivity index (χ2n) is 8.07. The minimum absolute atomic E-state index is 0.128. The molecule has 2 bridgehead atoms. The monoisotopic (exact) mass is 433 g/mol. The molecule has 4 rings (SSSR count). The molecular weight excluding hydrogens is 410 g/mol. The Bertz CT molecular complexity index is 1060. The predicted octanol–water partition coefficient (Wildman–Crippen LogP) is 2.15. The van der Waals surface area contributed by atoms with Gasteiger partial charge in [0.1, 0.15) is 0 Å². The second-order valence-corrected chi connectivity index (χ2v) is 8.07. The van der Waals surface area contributed by atoms with Crippen molar-refractivity contribution in [2.45, 2.75) is 12.8 Å². The Morgan fingerprint density at radius 2 is 1.50 bits per heavy atom. The van der Waals surface area contributed by atoms with Gasteiger partial charge in [-0.15, -0.1) is 0 Å². The number of nitrogens with one attached hydrogen (secondary N) is 3. The van der Waals surface area contributed by atoms with Crippen LogP contribution in [0.2, 0.25) is 0 Å². The maximum atomic E-state index is 12.5. The molecular formula is C24H23N3O5.